The second kappa shape index (κ2) is 5.48. The summed E-state index contributed by atoms with van der Waals surface area (Å²) >= 11 is 6.01. The van der Waals surface area contributed by atoms with Crippen molar-refractivity contribution in [3.63, 3.8) is 0 Å². The van der Waals surface area contributed by atoms with Gasteiger partial charge in [-0.05, 0) is 6.07 Å². The van der Waals surface area contributed by atoms with Gasteiger partial charge in [0.15, 0.2) is 11.5 Å². The predicted octanol–water partition coefficient (Wildman–Crippen LogP) is 3.11. The molecule has 1 aromatic carbocycles. The number of hydrogen-bond donors (Lipinski definition) is 1. The second-order valence-corrected chi connectivity index (χ2v) is 5.02. The molecule has 0 atom stereocenters. The molecule has 0 aliphatic rings. The van der Waals surface area contributed by atoms with E-state index >= 15 is 0 Å². The topological polar surface area (TPSA) is 55.8 Å². The van der Waals surface area contributed by atoms with E-state index in [2.05, 4.69) is 0 Å². The summed E-state index contributed by atoms with van der Waals surface area (Å²) in [5.41, 5.74) is 0.184. The van der Waals surface area contributed by atoms with Crippen molar-refractivity contribution in [2.75, 3.05) is 14.2 Å². The maximum Gasteiger partial charge on any atom is 0.304 e. The van der Waals surface area contributed by atoms with E-state index in [1.165, 1.54) is 14.2 Å². The molecule has 1 N–H and O–H groups in total. The van der Waals surface area contributed by atoms with Gasteiger partial charge in [0.1, 0.15) is 0 Å². The van der Waals surface area contributed by atoms with Gasteiger partial charge in [-0.3, -0.25) is 4.79 Å². The number of halogens is 1. The number of methoxy groups -OCH3 is 2. The lowest BCUT2D eigenvalue weighted by Gasteiger charge is -2.26. The fraction of sp³-hybridized carbons (Fsp3) is 0.462. The van der Waals surface area contributed by atoms with Gasteiger partial charge in [0.25, 0.3) is 0 Å². The minimum absolute atomic E-state index is 0.00581. The minimum Gasteiger partial charge on any atom is -0.492 e. The average molecular weight is 273 g/mol. The maximum absolute atomic E-state index is 10.9. The highest BCUT2D eigenvalue weighted by molar-refractivity contribution is 6.32. The van der Waals surface area contributed by atoms with Crippen LogP contribution in [-0.2, 0) is 10.2 Å². The third kappa shape index (κ3) is 2.88. The molecule has 0 fully saturated rings. The Hall–Kier alpha value is -1.42. The molecule has 0 amide bonds. The van der Waals surface area contributed by atoms with Crippen LogP contribution in [0.3, 0.4) is 0 Å². The molecule has 18 heavy (non-hydrogen) atoms. The summed E-state index contributed by atoms with van der Waals surface area (Å²) in [4.78, 5) is 10.9. The molecule has 0 heterocycles. The number of carbonyl (C=O) groups is 1. The number of ether oxygens (including phenoxy) is 2. The first kappa shape index (κ1) is 14.6. The molecule has 0 unspecified atom stereocenters. The largest absolute Gasteiger partial charge is 0.492 e. The molecule has 5 heteroatoms. The van der Waals surface area contributed by atoms with Crippen molar-refractivity contribution < 1.29 is 19.4 Å². The van der Waals surface area contributed by atoms with Crippen LogP contribution in [0.15, 0.2) is 12.1 Å². The van der Waals surface area contributed by atoms with Gasteiger partial charge in [-0.25, -0.2) is 0 Å². The zero-order valence-corrected chi connectivity index (χ0v) is 11.7. The van der Waals surface area contributed by atoms with E-state index in [0.717, 1.165) is 5.56 Å². The highest BCUT2D eigenvalue weighted by Gasteiger charge is 2.29. The van der Waals surface area contributed by atoms with E-state index in [1.807, 2.05) is 13.8 Å². The molecule has 0 spiro atoms. The molecule has 1 aromatic rings. The molecule has 0 aliphatic heterocycles. The van der Waals surface area contributed by atoms with Gasteiger partial charge in [0, 0.05) is 11.0 Å². The molecular weight excluding hydrogens is 256 g/mol. The first-order chi connectivity index (χ1) is 8.33. The van der Waals surface area contributed by atoms with Crippen molar-refractivity contribution in [2.24, 2.45) is 0 Å². The second-order valence-electron chi connectivity index (χ2n) is 4.62. The quantitative estimate of drug-likeness (QED) is 0.895. The van der Waals surface area contributed by atoms with Crippen LogP contribution in [0.2, 0.25) is 5.02 Å². The Morgan fingerprint density at radius 3 is 2.28 bits per heavy atom. The van der Waals surface area contributed by atoms with Crippen LogP contribution in [-0.4, -0.2) is 25.3 Å². The van der Waals surface area contributed by atoms with Crippen molar-refractivity contribution in [2.45, 2.75) is 25.7 Å². The van der Waals surface area contributed by atoms with Crippen LogP contribution in [0.5, 0.6) is 11.5 Å². The van der Waals surface area contributed by atoms with Crippen molar-refractivity contribution in [3.8, 4) is 11.5 Å². The average Bonchev–Trinajstić information content (AvgIpc) is 2.26. The van der Waals surface area contributed by atoms with Gasteiger partial charge in [-0.2, -0.15) is 0 Å². The van der Waals surface area contributed by atoms with Gasteiger partial charge in [-0.1, -0.05) is 31.5 Å². The fourth-order valence-electron chi connectivity index (χ4n) is 1.94. The summed E-state index contributed by atoms with van der Waals surface area (Å²) in [5, 5.41) is 9.39. The summed E-state index contributed by atoms with van der Waals surface area (Å²) < 4.78 is 10.5. The summed E-state index contributed by atoms with van der Waals surface area (Å²) in [6.45, 7) is 3.68. The first-order valence-corrected chi connectivity index (χ1v) is 5.84. The van der Waals surface area contributed by atoms with Crippen molar-refractivity contribution in [1.29, 1.82) is 0 Å². The van der Waals surface area contributed by atoms with Crippen LogP contribution in [0.1, 0.15) is 25.8 Å². The van der Waals surface area contributed by atoms with Gasteiger partial charge >= 0.3 is 5.97 Å². The number of aliphatic carboxylic acids is 1. The first-order valence-electron chi connectivity index (χ1n) is 5.46. The van der Waals surface area contributed by atoms with Crippen LogP contribution in [0, 0.1) is 0 Å². The summed E-state index contributed by atoms with van der Waals surface area (Å²) in [6.07, 6.45) is -0.00581. The van der Waals surface area contributed by atoms with Crippen LogP contribution < -0.4 is 9.47 Å². The van der Waals surface area contributed by atoms with Crippen molar-refractivity contribution in [1.82, 2.24) is 0 Å². The Bertz CT molecular complexity index is 455. The molecule has 0 aliphatic carbocycles. The van der Waals surface area contributed by atoms with Crippen molar-refractivity contribution in [3.05, 3.63) is 22.7 Å². The van der Waals surface area contributed by atoms with Gasteiger partial charge in [-0.15, -0.1) is 0 Å². The normalized spacial score (nSPS) is 11.2. The molecule has 0 radical (unpaired) electrons. The van der Waals surface area contributed by atoms with Crippen LogP contribution >= 0.6 is 11.6 Å². The molecule has 1 rings (SSSR count). The van der Waals surface area contributed by atoms with E-state index in [0.29, 0.717) is 16.5 Å². The van der Waals surface area contributed by atoms with Gasteiger partial charge < -0.3 is 14.6 Å². The smallest absolute Gasteiger partial charge is 0.304 e. The minimum atomic E-state index is -0.865. The molecule has 0 bridgehead atoms. The molecule has 4 nitrogen and oxygen atoms in total. The van der Waals surface area contributed by atoms with Crippen molar-refractivity contribution >= 4 is 17.6 Å². The number of hydrogen-bond acceptors (Lipinski definition) is 3. The zero-order valence-electron chi connectivity index (χ0n) is 10.9. The summed E-state index contributed by atoms with van der Waals surface area (Å²) in [6, 6.07) is 3.45. The highest BCUT2D eigenvalue weighted by atomic mass is 35.5. The summed E-state index contributed by atoms with van der Waals surface area (Å²) in [7, 11) is 3.01. The van der Waals surface area contributed by atoms with E-state index in [1.54, 1.807) is 12.1 Å². The number of benzene rings is 1. The number of carboxylic acid groups (broad SMARTS) is 1. The Kier molecular flexibility index (Phi) is 4.46. The number of carboxylic acids is 1. The third-order valence-corrected chi connectivity index (χ3v) is 3.09. The Morgan fingerprint density at radius 1 is 1.28 bits per heavy atom. The fourth-order valence-corrected chi connectivity index (χ4v) is 2.16. The maximum atomic E-state index is 10.9. The molecular formula is C13H17ClO4. The lowest BCUT2D eigenvalue weighted by atomic mass is 9.81. The lowest BCUT2D eigenvalue weighted by molar-refractivity contribution is -0.138. The standard InChI is InChI=1S/C13H17ClO4/c1-13(2,7-10(15)16)8-5-6-9(14)12(18-4)11(8)17-3/h5-6H,7H2,1-4H3,(H,15,16). The monoisotopic (exact) mass is 272 g/mol. The Balaban J connectivity index is 3.36. The van der Waals surface area contributed by atoms with Crippen LogP contribution in [0.25, 0.3) is 0 Å². The lowest BCUT2D eigenvalue weighted by Crippen LogP contribution is -2.22. The Labute approximate surface area is 111 Å². The summed E-state index contributed by atoms with van der Waals surface area (Å²) in [5.74, 6) is 0.0438. The van der Waals surface area contributed by atoms with Gasteiger partial charge in [0.05, 0.1) is 25.7 Å². The SMILES string of the molecule is COc1c(Cl)ccc(C(C)(C)CC(=O)O)c1OC. The van der Waals surface area contributed by atoms with Crippen LogP contribution in [0.4, 0.5) is 0 Å². The highest BCUT2D eigenvalue weighted by Crippen LogP contribution is 2.43. The van der Waals surface area contributed by atoms with E-state index < -0.39 is 11.4 Å². The molecule has 100 valence electrons. The third-order valence-electron chi connectivity index (χ3n) is 2.79. The number of rotatable bonds is 5. The van der Waals surface area contributed by atoms with E-state index in [4.69, 9.17) is 26.2 Å². The molecule has 0 aromatic heterocycles. The zero-order chi connectivity index (χ0) is 13.9. The molecule has 0 saturated heterocycles. The molecule has 0 saturated carbocycles. The van der Waals surface area contributed by atoms with E-state index in [-0.39, 0.29) is 6.42 Å². The van der Waals surface area contributed by atoms with E-state index in [9.17, 15) is 4.79 Å². The Morgan fingerprint density at radius 2 is 1.83 bits per heavy atom. The van der Waals surface area contributed by atoms with Gasteiger partial charge in [0.2, 0.25) is 0 Å². The predicted molar refractivity (Wildman–Crippen MR) is 69.8 cm³/mol.